The molecule has 2 N–H and O–H groups in total. The molecule has 1 heterocycles. The Morgan fingerprint density at radius 1 is 1.67 bits per heavy atom. The number of anilines is 1. The number of carbonyl (C=O) groups is 1. The molecular weight excluding hydrogens is 180 g/mol. The van der Waals surface area contributed by atoms with E-state index in [1.54, 1.807) is 0 Å². The first-order valence-electron chi connectivity index (χ1n) is 3.15. The van der Waals surface area contributed by atoms with E-state index >= 15 is 0 Å². The van der Waals surface area contributed by atoms with Gasteiger partial charge < -0.3 is 10.5 Å². The summed E-state index contributed by atoms with van der Waals surface area (Å²) in [4.78, 5) is 14.6. The van der Waals surface area contributed by atoms with Gasteiger partial charge in [-0.25, -0.2) is 9.78 Å². The highest BCUT2D eigenvalue weighted by Gasteiger charge is 2.08. The molecule has 0 aliphatic rings. The molecule has 12 heavy (non-hydrogen) atoms. The zero-order valence-electron chi connectivity index (χ0n) is 6.37. The number of halogens is 1. The van der Waals surface area contributed by atoms with Crippen molar-refractivity contribution in [1.82, 2.24) is 4.98 Å². The van der Waals surface area contributed by atoms with Gasteiger partial charge in [0.1, 0.15) is 5.82 Å². The fourth-order valence-corrected chi connectivity index (χ4v) is 0.781. The number of nitrogens with zero attached hydrogens (tertiary/aromatic N) is 1. The molecule has 0 amide bonds. The fraction of sp³-hybridized carbons (Fsp3) is 0.143. The van der Waals surface area contributed by atoms with Crippen molar-refractivity contribution < 1.29 is 9.53 Å². The number of pyridine rings is 1. The van der Waals surface area contributed by atoms with Crippen LogP contribution < -0.4 is 5.73 Å². The monoisotopic (exact) mass is 186 g/mol. The van der Waals surface area contributed by atoms with Crippen molar-refractivity contribution in [3.8, 4) is 0 Å². The second kappa shape index (κ2) is 3.40. The lowest BCUT2D eigenvalue weighted by atomic mass is 10.3. The maximum atomic E-state index is 10.9. The second-order valence-corrected chi connectivity index (χ2v) is 2.46. The zero-order valence-corrected chi connectivity index (χ0v) is 7.13. The van der Waals surface area contributed by atoms with E-state index in [0.717, 1.165) is 0 Å². The molecule has 1 aromatic rings. The standard InChI is InChI=1S/C7H7ClN2O2/c1-12-7(11)5-3-2-4(8)6(9)10-5/h2-3H,1H3,(H2,9,10). The highest BCUT2D eigenvalue weighted by molar-refractivity contribution is 6.32. The van der Waals surface area contributed by atoms with Crippen molar-refractivity contribution in [2.45, 2.75) is 0 Å². The van der Waals surface area contributed by atoms with Crippen LogP contribution in [0.4, 0.5) is 5.82 Å². The van der Waals surface area contributed by atoms with E-state index in [9.17, 15) is 4.79 Å². The number of hydrogen-bond donors (Lipinski definition) is 1. The quantitative estimate of drug-likeness (QED) is 0.668. The first-order valence-corrected chi connectivity index (χ1v) is 3.53. The van der Waals surface area contributed by atoms with Crippen molar-refractivity contribution in [2.24, 2.45) is 0 Å². The molecular formula is C7H7ClN2O2. The molecule has 0 fully saturated rings. The number of hydrogen-bond acceptors (Lipinski definition) is 4. The van der Waals surface area contributed by atoms with Gasteiger partial charge in [-0.2, -0.15) is 0 Å². The third kappa shape index (κ3) is 1.65. The number of methoxy groups -OCH3 is 1. The van der Waals surface area contributed by atoms with E-state index in [1.807, 2.05) is 0 Å². The summed E-state index contributed by atoms with van der Waals surface area (Å²) in [6, 6.07) is 2.95. The molecule has 0 aromatic carbocycles. The Morgan fingerprint density at radius 3 is 2.83 bits per heavy atom. The topological polar surface area (TPSA) is 65.2 Å². The number of nitrogens with two attached hydrogens (primary N) is 1. The van der Waals surface area contributed by atoms with Crippen molar-refractivity contribution in [2.75, 3.05) is 12.8 Å². The summed E-state index contributed by atoms with van der Waals surface area (Å²) in [6.45, 7) is 0. The van der Waals surface area contributed by atoms with E-state index in [2.05, 4.69) is 9.72 Å². The van der Waals surface area contributed by atoms with Gasteiger partial charge in [-0.05, 0) is 12.1 Å². The molecule has 0 atom stereocenters. The average Bonchev–Trinajstić information content (AvgIpc) is 2.08. The number of nitrogen functional groups attached to an aromatic ring is 1. The molecule has 0 spiro atoms. The van der Waals surface area contributed by atoms with Crippen molar-refractivity contribution >= 4 is 23.4 Å². The summed E-state index contributed by atoms with van der Waals surface area (Å²) in [7, 11) is 1.27. The predicted molar refractivity (Wildman–Crippen MR) is 45.0 cm³/mol. The van der Waals surface area contributed by atoms with Gasteiger partial charge in [-0.3, -0.25) is 0 Å². The summed E-state index contributed by atoms with van der Waals surface area (Å²) in [5, 5.41) is 0.322. The Labute approximate surface area is 74.3 Å². The van der Waals surface area contributed by atoms with Crippen LogP contribution in [0.3, 0.4) is 0 Å². The van der Waals surface area contributed by atoms with Crippen LogP contribution in [-0.2, 0) is 4.74 Å². The third-order valence-electron chi connectivity index (χ3n) is 1.27. The number of aromatic nitrogens is 1. The van der Waals surface area contributed by atoms with Gasteiger partial charge in [0, 0.05) is 0 Å². The van der Waals surface area contributed by atoms with Gasteiger partial charge in [-0.15, -0.1) is 0 Å². The van der Waals surface area contributed by atoms with E-state index in [4.69, 9.17) is 17.3 Å². The number of ether oxygens (including phenoxy) is 1. The Kier molecular flexibility index (Phi) is 2.50. The van der Waals surface area contributed by atoms with E-state index in [0.29, 0.717) is 5.02 Å². The fourth-order valence-electron chi connectivity index (χ4n) is 0.676. The summed E-state index contributed by atoms with van der Waals surface area (Å²) in [5.74, 6) is -0.405. The molecule has 5 heteroatoms. The SMILES string of the molecule is COC(=O)c1ccc(Cl)c(N)n1. The molecule has 1 aromatic heterocycles. The van der Waals surface area contributed by atoms with Crippen LogP contribution in [0.5, 0.6) is 0 Å². The molecule has 0 aliphatic carbocycles. The Balaban J connectivity index is 3.05. The van der Waals surface area contributed by atoms with Crippen LogP contribution in [0.2, 0.25) is 5.02 Å². The van der Waals surface area contributed by atoms with Crippen molar-refractivity contribution in [3.05, 3.63) is 22.8 Å². The van der Waals surface area contributed by atoms with Crippen LogP contribution >= 0.6 is 11.6 Å². The second-order valence-electron chi connectivity index (χ2n) is 2.06. The molecule has 1 rings (SSSR count). The molecule has 0 bridgehead atoms. The molecule has 0 saturated heterocycles. The highest BCUT2D eigenvalue weighted by Crippen LogP contribution is 2.15. The van der Waals surface area contributed by atoms with Crippen LogP contribution in [0.25, 0.3) is 0 Å². The Hall–Kier alpha value is -1.29. The lowest BCUT2D eigenvalue weighted by Crippen LogP contribution is -2.05. The maximum absolute atomic E-state index is 10.9. The van der Waals surface area contributed by atoms with E-state index in [-0.39, 0.29) is 11.5 Å². The van der Waals surface area contributed by atoms with Gasteiger partial charge in [0.25, 0.3) is 0 Å². The first kappa shape index (κ1) is 8.80. The molecule has 0 saturated carbocycles. The minimum atomic E-state index is -0.529. The lowest BCUT2D eigenvalue weighted by molar-refractivity contribution is 0.0594. The van der Waals surface area contributed by atoms with Crippen LogP contribution in [0, 0.1) is 0 Å². The largest absolute Gasteiger partial charge is 0.464 e. The van der Waals surface area contributed by atoms with Crippen LogP contribution in [0.1, 0.15) is 10.5 Å². The van der Waals surface area contributed by atoms with Gasteiger partial charge in [0.15, 0.2) is 5.69 Å². The minimum absolute atomic E-state index is 0.125. The van der Waals surface area contributed by atoms with Gasteiger partial charge in [-0.1, -0.05) is 11.6 Å². The molecule has 64 valence electrons. The van der Waals surface area contributed by atoms with Gasteiger partial charge >= 0.3 is 5.97 Å². The molecule has 0 aliphatic heterocycles. The molecule has 4 nitrogen and oxygen atoms in total. The van der Waals surface area contributed by atoms with Crippen LogP contribution in [0.15, 0.2) is 12.1 Å². The predicted octanol–water partition coefficient (Wildman–Crippen LogP) is 1.10. The van der Waals surface area contributed by atoms with Crippen molar-refractivity contribution in [1.29, 1.82) is 0 Å². The average molecular weight is 187 g/mol. The Bertz CT molecular complexity index is 314. The highest BCUT2D eigenvalue weighted by atomic mass is 35.5. The van der Waals surface area contributed by atoms with Gasteiger partial charge in [0.05, 0.1) is 12.1 Å². The molecule has 0 unspecified atom stereocenters. The third-order valence-corrected chi connectivity index (χ3v) is 1.59. The Morgan fingerprint density at radius 2 is 2.33 bits per heavy atom. The number of carbonyl (C=O) groups excluding carboxylic acids is 1. The maximum Gasteiger partial charge on any atom is 0.356 e. The minimum Gasteiger partial charge on any atom is -0.464 e. The smallest absolute Gasteiger partial charge is 0.356 e. The van der Waals surface area contributed by atoms with E-state index < -0.39 is 5.97 Å². The van der Waals surface area contributed by atoms with Gasteiger partial charge in [0.2, 0.25) is 0 Å². The van der Waals surface area contributed by atoms with Crippen LogP contribution in [-0.4, -0.2) is 18.1 Å². The molecule has 0 radical (unpaired) electrons. The summed E-state index contributed by atoms with van der Waals surface area (Å²) >= 11 is 5.59. The summed E-state index contributed by atoms with van der Waals surface area (Å²) in [6.07, 6.45) is 0. The first-order chi connectivity index (χ1) is 5.65. The number of rotatable bonds is 1. The van der Waals surface area contributed by atoms with E-state index in [1.165, 1.54) is 19.2 Å². The summed E-state index contributed by atoms with van der Waals surface area (Å²) < 4.78 is 4.43. The summed E-state index contributed by atoms with van der Waals surface area (Å²) in [5.41, 5.74) is 5.51. The lowest BCUT2D eigenvalue weighted by Gasteiger charge is -2.00. The number of esters is 1. The zero-order chi connectivity index (χ0) is 9.14. The van der Waals surface area contributed by atoms with Crippen molar-refractivity contribution in [3.63, 3.8) is 0 Å². The normalized spacial score (nSPS) is 9.50.